The molecule has 104 valence electrons. The number of benzene rings is 1. The van der Waals surface area contributed by atoms with Crippen molar-refractivity contribution >= 4 is 5.91 Å². The normalized spacial score (nSPS) is 17.6. The Balaban J connectivity index is 1.73. The van der Waals surface area contributed by atoms with Gasteiger partial charge >= 0.3 is 0 Å². The highest BCUT2D eigenvalue weighted by molar-refractivity contribution is 5.94. The Labute approximate surface area is 118 Å². The molecule has 0 saturated heterocycles. The number of amides is 1. The molecule has 1 aromatic carbocycles. The van der Waals surface area contributed by atoms with Crippen molar-refractivity contribution in [3.63, 3.8) is 0 Å². The maximum Gasteiger partial charge on any atom is 0.251 e. The van der Waals surface area contributed by atoms with Crippen LogP contribution in [0.5, 0.6) is 0 Å². The van der Waals surface area contributed by atoms with Crippen LogP contribution in [0.3, 0.4) is 0 Å². The number of aryl methyl sites for hydroxylation is 1. The number of carbonyl (C=O) groups excluding carboxylic acids is 1. The first-order valence-electron chi connectivity index (χ1n) is 6.94. The number of carbonyl (C=O) groups is 1. The monoisotopic (exact) mass is 270 g/mol. The summed E-state index contributed by atoms with van der Waals surface area (Å²) in [5, 5.41) is 3.08. The van der Waals surface area contributed by atoms with E-state index in [0.717, 1.165) is 36.1 Å². The second-order valence-corrected chi connectivity index (χ2v) is 5.12. The molecule has 1 aliphatic carbocycles. The number of furan rings is 1. The molecule has 0 bridgehead atoms. The maximum atomic E-state index is 12.3. The molecule has 2 aromatic rings. The van der Waals surface area contributed by atoms with Gasteiger partial charge in [0.05, 0.1) is 12.3 Å². The fourth-order valence-corrected chi connectivity index (χ4v) is 2.67. The van der Waals surface area contributed by atoms with Crippen LogP contribution in [0.1, 0.15) is 46.1 Å². The SMILES string of the molecule is NCc1ccc(C(=O)NC2CCCc3occc32)cc1. The minimum absolute atomic E-state index is 0.0485. The zero-order valence-corrected chi connectivity index (χ0v) is 11.3. The molecule has 4 nitrogen and oxygen atoms in total. The largest absolute Gasteiger partial charge is 0.469 e. The van der Waals surface area contributed by atoms with Crippen LogP contribution in [0.2, 0.25) is 0 Å². The Morgan fingerprint density at radius 3 is 2.85 bits per heavy atom. The molecular formula is C16H18N2O2. The van der Waals surface area contributed by atoms with Crippen molar-refractivity contribution in [1.82, 2.24) is 5.32 Å². The lowest BCUT2D eigenvalue weighted by Gasteiger charge is -2.22. The lowest BCUT2D eigenvalue weighted by molar-refractivity contribution is 0.0932. The minimum atomic E-state index is -0.0485. The highest BCUT2D eigenvalue weighted by atomic mass is 16.3. The standard InChI is InChI=1S/C16H18N2O2/c17-10-11-4-6-12(7-5-11)16(19)18-14-2-1-3-15-13(14)8-9-20-15/h4-9,14H,1-3,10,17H2,(H,18,19). The van der Waals surface area contributed by atoms with Crippen molar-refractivity contribution in [1.29, 1.82) is 0 Å². The Morgan fingerprint density at radius 2 is 2.10 bits per heavy atom. The molecule has 0 radical (unpaired) electrons. The third-order valence-corrected chi connectivity index (χ3v) is 3.81. The topological polar surface area (TPSA) is 68.3 Å². The van der Waals surface area contributed by atoms with Gasteiger partial charge in [-0.05, 0) is 36.6 Å². The van der Waals surface area contributed by atoms with E-state index in [4.69, 9.17) is 10.2 Å². The summed E-state index contributed by atoms with van der Waals surface area (Å²) in [6, 6.07) is 9.42. The second-order valence-electron chi connectivity index (χ2n) is 5.12. The summed E-state index contributed by atoms with van der Waals surface area (Å²) in [5.41, 5.74) is 8.36. The quantitative estimate of drug-likeness (QED) is 0.900. The third kappa shape index (κ3) is 2.47. The van der Waals surface area contributed by atoms with Crippen LogP contribution in [0, 0.1) is 0 Å². The van der Waals surface area contributed by atoms with Crippen LogP contribution in [0.15, 0.2) is 41.0 Å². The zero-order chi connectivity index (χ0) is 13.9. The molecule has 4 heteroatoms. The summed E-state index contributed by atoms with van der Waals surface area (Å²) in [5.74, 6) is 0.952. The van der Waals surface area contributed by atoms with E-state index < -0.39 is 0 Å². The van der Waals surface area contributed by atoms with E-state index in [-0.39, 0.29) is 11.9 Å². The van der Waals surface area contributed by atoms with Crippen molar-refractivity contribution in [2.75, 3.05) is 0 Å². The maximum absolute atomic E-state index is 12.3. The number of hydrogen-bond acceptors (Lipinski definition) is 3. The molecule has 1 atom stereocenters. The zero-order valence-electron chi connectivity index (χ0n) is 11.3. The van der Waals surface area contributed by atoms with Crippen LogP contribution in [0.4, 0.5) is 0 Å². The van der Waals surface area contributed by atoms with Gasteiger partial charge < -0.3 is 15.5 Å². The molecule has 1 aliphatic rings. The summed E-state index contributed by atoms with van der Waals surface area (Å²) in [4.78, 5) is 12.3. The van der Waals surface area contributed by atoms with Gasteiger partial charge in [-0.15, -0.1) is 0 Å². The van der Waals surface area contributed by atoms with Crippen molar-refractivity contribution in [2.24, 2.45) is 5.73 Å². The first kappa shape index (κ1) is 12.9. The van der Waals surface area contributed by atoms with E-state index in [1.165, 1.54) is 0 Å². The Hall–Kier alpha value is -2.07. The van der Waals surface area contributed by atoms with Gasteiger partial charge in [0.15, 0.2) is 0 Å². The van der Waals surface area contributed by atoms with Crippen LogP contribution in [-0.4, -0.2) is 5.91 Å². The van der Waals surface area contributed by atoms with E-state index in [2.05, 4.69) is 5.32 Å². The molecule has 20 heavy (non-hydrogen) atoms. The number of nitrogens with two attached hydrogens (primary N) is 1. The second kappa shape index (κ2) is 5.51. The Kier molecular flexibility index (Phi) is 3.56. The summed E-state index contributed by atoms with van der Waals surface area (Å²) in [7, 11) is 0. The fraction of sp³-hybridized carbons (Fsp3) is 0.312. The van der Waals surface area contributed by atoms with Crippen LogP contribution in [-0.2, 0) is 13.0 Å². The predicted molar refractivity (Wildman–Crippen MR) is 76.2 cm³/mol. The molecule has 3 N–H and O–H groups in total. The van der Waals surface area contributed by atoms with Gasteiger partial charge in [0.1, 0.15) is 5.76 Å². The average Bonchev–Trinajstić information content (AvgIpc) is 2.97. The number of hydrogen-bond donors (Lipinski definition) is 2. The first-order valence-corrected chi connectivity index (χ1v) is 6.94. The molecule has 1 aromatic heterocycles. The van der Waals surface area contributed by atoms with Gasteiger partial charge in [0.2, 0.25) is 0 Å². The van der Waals surface area contributed by atoms with E-state index in [1.54, 1.807) is 6.26 Å². The van der Waals surface area contributed by atoms with Gasteiger partial charge in [-0.1, -0.05) is 12.1 Å². The summed E-state index contributed by atoms with van der Waals surface area (Å²) < 4.78 is 5.44. The lowest BCUT2D eigenvalue weighted by Crippen LogP contribution is -2.30. The van der Waals surface area contributed by atoms with E-state index in [0.29, 0.717) is 12.1 Å². The first-order chi connectivity index (χ1) is 9.78. The number of rotatable bonds is 3. The molecule has 0 fully saturated rings. The van der Waals surface area contributed by atoms with Crippen LogP contribution in [0.25, 0.3) is 0 Å². The number of nitrogens with one attached hydrogen (secondary N) is 1. The Bertz CT molecular complexity index is 601. The van der Waals surface area contributed by atoms with E-state index >= 15 is 0 Å². The van der Waals surface area contributed by atoms with Gasteiger partial charge in [-0.2, -0.15) is 0 Å². The van der Waals surface area contributed by atoms with Gasteiger partial charge in [0.25, 0.3) is 5.91 Å². The Morgan fingerprint density at radius 1 is 1.30 bits per heavy atom. The van der Waals surface area contributed by atoms with Crippen molar-refractivity contribution in [2.45, 2.75) is 31.8 Å². The van der Waals surface area contributed by atoms with Crippen molar-refractivity contribution < 1.29 is 9.21 Å². The summed E-state index contributed by atoms with van der Waals surface area (Å²) in [6.45, 7) is 0.489. The highest BCUT2D eigenvalue weighted by Crippen LogP contribution is 2.30. The average molecular weight is 270 g/mol. The molecule has 1 heterocycles. The van der Waals surface area contributed by atoms with Gasteiger partial charge in [-0.3, -0.25) is 4.79 Å². The van der Waals surface area contributed by atoms with Crippen molar-refractivity contribution in [3.05, 3.63) is 59.0 Å². The summed E-state index contributed by atoms with van der Waals surface area (Å²) in [6.07, 6.45) is 4.65. The van der Waals surface area contributed by atoms with Crippen LogP contribution < -0.4 is 11.1 Å². The molecule has 1 unspecified atom stereocenters. The summed E-state index contributed by atoms with van der Waals surface area (Å²) >= 11 is 0. The fourth-order valence-electron chi connectivity index (χ4n) is 2.67. The molecule has 0 aliphatic heterocycles. The predicted octanol–water partition coefficient (Wildman–Crippen LogP) is 2.55. The number of fused-ring (bicyclic) bond motifs is 1. The lowest BCUT2D eigenvalue weighted by atomic mass is 9.93. The highest BCUT2D eigenvalue weighted by Gasteiger charge is 2.24. The molecule has 1 amide bonds. The molecule has 0 spiro atoms. The molecule has 0 saturated carbocycles. The van der Waals surface area contributed by atoms with E-state index in [9.17, 15) is 4.79 Å². The molecular weight excluding hydrogens is 252 g/mol. The van der Waals surface area contributed by atoms with Crippen molar-refractivity contribution in [3.8, 4) is 0 Å². The molecule has 3 rings (SSSR count). The van der Waals surface area contributed by atoms with Crippen LogP contribution >= 0.6 is 0 Å². The van der Waals surface area contributed by atoms with Gasteiger partial charge in [-0.25, -0.2) is 0 Å². The third-order valence-electron chi connectivity index (χ3n) is 3.81. The van der Waals surface area contributed by atoms with E-state index in [1.807, 2.05) is 30.3 Å². The van der Waals surface area contributed by atoms with Gasteiger partial charge in [0, 0.05) is 24.1 Å². The smallest absolute Gasteiger partial charge is 0.251 e. The minimum Gasteiger partial charge on any atom is -0.469 e.